The van der Waals surface area contributed by atoms with Crippen molar-refractivity contribution in [1.82, 2.24) is 5.32 Å². The Hall–Kier alpha value is -2.83. The van der Waals surface area contributed by atoms with Crippen molar-refractivity contribution in [2.24, 2.45) is 5.92 Å². The van der Waals surface area contributed by atoms with E-state index in [1.165, 1.54) is 12.8 Å². The Labute approximate surface area is 198 Å². The van der Waals surface area contributed by atoms with E-state index in [4.69, 9.17) is 28.2 Å². The number of hydrogen-bond donors (Lipinski definition) is 2. The molecule has 1 amide bonds. The fourth-order valence-corrected chi connectivity index (χ4v) is 4.17. The standard InChI is InChI=1S/C25H26ClN3O2S/c1-16-11-13-29(14-12-16)21-6-4-3-5-20(21)27-25(32)28-24(30)23-10-9-22(31-23)18-8-7-17(2)19(26)15-18/h3-10,15-16H,11-14H2,1-2H3,(H2,27,28,30,32). The number of para-hydroxylation sites is 2. The van der Waals surface area contributed by atoms with E-state index in [9.17, 15) is 4.79 Å². The minimum Gasteiger partial charge on any atom is -0.451 e. The van der Waals surface area contributed by atoms with Crippen LogP contribution in [0.15, 0.2) is 59.0 Å². The molecule has 1 aliphatic rings. The average Bonchev–Trinajstić information content (AvgIpc) is 3.27. The Morgan fingerprint density at radius 1 is 1.12 bits per heavy atom. The van der Waals surface area contributed by atoms with Crippen LogP contribution in [0.25, 0.3) is 11.3 Å². The molecule has 0 spiro atoms. The number of carbonyl (C=O) groups excluding carboxylic acids is 1. The van der Waals surface area contributed by atoms with Gasteiger partial charge in [0, 0.05) is 23.7 Å². The van der Waals surface area contributed by atoms with Gasteiger partial charge in [-0.05, 0) is 73.8 Å². The number of thiocarbonyl (C=S) groups is 1. The molecule has 1 fully saturated rings. The van der Waals surface area contributed by atoms with Gasteiger partial charge < -0.3 is 14.6 Å². The molecule has 4 rings (SSSR count). The van der Waals surface area contributed by atoms with Gasteiger partial charge in [0.25, 0.3) is 5.91 Å². The predicted octanol–water partition coefficient (Wildman–Crippen LogP) is 6.27. The van der Waals surface area contributed by atoms with Crippen LogP contribution in [-0.2, 0) is 0 Å². The maximum Gasteiger partial charge on any atom is 0.293 e. The highest BCUT2D eigenvalue weighted by Crippen LogP contribution is 2.30. The maximum absolute atomic E-state index is 12.7. The molecular formula is C25H26ClN3O2S. The van der Waals surface area contributed by atoms with Crippen LogP contribution >= 0.6 is 23.8 Å². The van der Waals surface area contributed by atoms with E-state index in [1.807, 2.05) is 43.3 Å². The molecule has 1 aromatic heterocycles. The first kappa shape index (κ1) is 22.4. The molecule has 3 aromatic rings. The predicted molar refractivity (Wildman–Crippen MR) is 135 cm³/mol. The lowest BCUT2D eigenvalue weighted by molar-refractivity contribution is 0.0951. The molecule has 32 heavy (non-hydrogen) atoms. The van der Waals surface area contributed by atoms with Crippen LogP contribution < -0.4 is 15.5 Å². The summed E-state index contributed by atoms with van der Waals surface area (Å²) in [5.41, 5.74) is 3.76. The summed E-state index contributed by atoms with van der Waals surface area (Å²) in [6.07, 6.45) is 2.34. The zero-order valence-corrected chi connectivity index (χ0v) is 19.7. The van der Waals surface area contributed by atoms with Crippen molar-refractivity contribution in [2.75, 3.05) is 23.3 Å². The summed E-state index contributed by atoms with van der Waals surface area (Å²) in [7, 11) is 0. The number of rotatable bonds is 4. The third-order valence-corrected chi connectivity index (χ3v) is 6.40. The van der Waals surface area contributed by atoms with Crippen LogP contribution in [0.2, 0.25) is 5.02 Å². The fourth-order valence-electron chi connectivity index (χ4n) is 3.78. The van der Waals surface area contributed by atoms with E-state index in [1.54, 1.807) is 12.1 Å². The molecule has 5 nitrogen and oxygen atoms in total. The summed E-state index contributed by atoms with van der Waals surface area (Å²) in [6.45, 7) is 6.25. The molecule has 1 saturated heterocycles. The number of halogens is 1. The average molecular weight is 468 g/mol. The zero-order chi connectivity index (χ0) is 22.7. The second-order valence-corrected chi connectivity index (χ2v) is 9.04. The molecule has 0 atom stereocenters. The summed E-state index contributed by atoms with van der Waals surface area (Å²) >= 11 is 11.6. The van der Waals surface area contributed by atoms with Gasteiger partial charge in [-0.15, -0.1) is 0 Å². The minimum atomic E-state index is -0.406. The first-order chi connectivity index (χ1) is 15.4. The number of piperidine rings is 1. The summed E-state index contributed by atoms with van der Waals surface area (Å²) in [5, 5.41) is 6.76. The van der Waals surface area contributed by atoms with Crippen LogP contribution in [0.4, 0.5) is 11.4 Å². The Bertz CT molecular complexity index is 1140. The van der Waals surface area contributed by atoms with Crippen molar-refractivity contribution in [3.8, 4) is 11.3 Å². The number of nitrogens with zero attached hydrogens (tertiary/aromatic N) is 1. The lowest BCUT2D eigenvalue weighted by Crippen LogP contribution is -2.36. The molecular weight excluding hydrogens is 442 g/mol. The number of anilines is 2. The van der Waals surface area contributed by atoms with Gasteiger partial charge in [0.15, 0.2) is 10.9 Å². The largest absolute Gasteiger partial charge is 0.451 e. The van der Waals surface area contributed by atoms with E-state index in [-0.39, 0.29) is 10.9 Å². The number of furan rings is 1. The molecule has 1 aliphatic heterocycles. The third-order valence-electron chi connectivity index (χ3n) is 5.79. The van der Waals surface area contributed by atoms with Crippen LogP contribution in [-0.4, -0.2) is 24.1 Å². The van der Waals surface area contributed by atoms with Crippen molar-refractivity contribution in [1.29, 1.82) is 0 Å². The van der Waals surface area contributed by atoms with Gasteiger partial charge in [0.1, 0.15) is 5.76 Å². The van der Waals surface area contributed by atoms with E-state index in [2.05, 4.69) is 28.5 Å². The minimum absolute atomic E-state index is 0.180. The number of nitrogens with one attached hydrogen (secondary N) is 2. The molecule has 166 valence electrons. The molecule has 0 radical (unpaired) electrons. The lowest BCUT2D eigenvalue weighted by Gasteiger charge is -2.33. The topological polar surface area (TPSA) is 57.5 Å². The highest BCUT2D eigenvalue weighted by molar-refractivity contribution is 7.80. The number of aryl methyl sites for hydroxylation is 1. The molecule has 0 saturated carbocycles. The highest BCUT2D eigenvalue weighted by Gasteiger charge is 2.19. The lowest BCUT2D eigenvalue weighted by atomic mass is 9.98. The van der Waals surface area contributed by atoms with E-state index in [0.717, 1.165) is 41.5 Å². The Kier molecular flexibility index (Phi) is 6.82. The van der Waals surface area contributed by atoms with Crippen molar-refractivity contribution < 1.29 is 9.21 Å². The molecule has 2 N–H and O–H groups in total. The first-order valence-corrected chi connectivity index (χ1v) is 11.5. The fraction of sp³-hybridized carbons (Fsp3) is 0.280. The quantitative estimate of drug-likeness (QED) is 0.443. The van der Waals surface area contributed by atoms with Crippen LogP contribution in [0.3, 0.4) is 0 Å². The summed E-state index contributed by atoms with van der Waals surface area (Å²) < 4.78 is 5.74. The van der Waals surface area contributed by atoms with E-state index in [0.29, 0.717) is 10.8 Å². The molecule has 2 heterocycles. The molecule has 0 aliphatic carbocycles. The number of benzene rings is 2. The van der Waals surface area contributed by atoms with Gasteiger partial charge in [-0.2, -0.15) is 0 Å². The molecule has 2 aromatic carbocycles. The second kappa shape index (κ2) is 9.76. The van der Waals surface area contributed by atoms with Crippen molar-refractivity contribution in [3.63, 3.8) is 0 Å². The van der Waals surface area contributed by atoms with Crippen molar-refractivity contribution >= 4 is 46.2 Å². The summed E-state index contributed by atoms with van der Waals surface area (Å²) in [4.78, 5) is 15.0. The number of carbonyl (C=O) groups is 1. The first-order valence-electron chi connectivity index (χ1n) is 10.7. The Morgan fingerprint density at radius 2 is 1.88 bits per heavy atom. The van der Waals surface area contributed by atoms with Crippen LogP contribution in [0.5, 0.6) is 0 Å². The van der Waals surface area contributed by atoms with Gasteiger partial charge in [0.2, 0.25) is 0 Å². The molecule has 0 unspecified atom stereocenters. The van der Waals surface area contributed by atoms with Gasteiger partial charge in [-0.1, -0.05) is 42.8 Å². The van der Waals surface area contributed by atoms with Crippen LogP contribution in [0.1, 0.15) is 35.9 Å². The van der Waals surface area contributed by atoms with Crippen molar-refractivity contribution in [3.05, 3.63) is 70.9 Å². The van der Waals surface area contributed by atoms with E-state index < -0.39 is 5.91 Å². The zero-order valence-electron chi connectivity index (χ0n) is 18.2. The number of hydrogen-bond acceptors (Lipinski definition) is 4. The van der Waals surface area contributed by atoms with E-state index >= 15 is 0 Å². The normalized spacial score (nSPS) is 14.3. The molecule has 7 heteroatoms. The Morgan fingerprint density at radius 3 is 2.62 bits per heavy atom. The van der Waals surface area contributed by atoms with Gasteiger partial charge >= 0.3 is 0 Å². The monoisotopic (exact) mass is 467 g/mol. The number of amides is 1. The smallest absolute Gasteiger partial charge is 0.293 e. The maximum atomic E-state index is 12.7. The Balaban J connectivity index is 1.41. The summed E-state index contributed by atoms with van der Waals surface area (Å²) in [6, 6.07) is 17.0. The van der Waals surface area contributed by atoms with Crippen molar-refractivity contribution in [2.45, 2.75) is 26.7 Å². The third kappa shape index (κ3) is 5.14. The second-order valence-electron chi connectivity index (χ2n) is 8.22. The van der Waals surface area contributed by atoms with Gasteiger partial charge in [-0.25, -0.2) is 0 Å². The highest BCUT2D eigenvalue weighted by atomic mass is 35.5. The van der Waals surface area contributed by atoms with Crippen LogP contribution in [0, 0.1) is 12.8 Å². The summed E-state index contributed by atoms with van der Waals surface area (Å²) in [5.74, 6) is 1.09. The SMILES string of the molecule is Cc1ccc(-c2ccc(C(=O)NC(=S)Nc3ccccc3N3CCC(C)CC3)o2)cc1Cl. The van der Waals surface area contributed by atoms with Gasteiger partial charge in [0.05, 0.1) is 11.4 Å². The molecule has 0 bridgehead atoms. The van der Waals surface area contributed by atoms with Gasteiger partial charge in [-0.3, -0.25) is 10.1 Å².